The van der Waals surface area contributed by atoms with Crippen molar-refractivity contribution in [1.82, 2.24) is 10.2 Å². The standard InChI is InChI=1S/C18H20N2O3/c1-6-20(5)16-14(10(2)7-8-21)17(22)13-11(3)9-12(4)19-15(13)18(16)23/h7-9,19H,4,6H2,1-3,5H3/b10-7-. The van der Waals surface area contributed by atoms with E-state index in [1.165, 1.54) is 6.08 Å². The molecule has 0 saturated heterocycles. The lowest BCUT2D eigenvalue weighted by Gasteiger charge is -2.32. The molecular formula is C18H20N2O3. The summed E-state index contributed by atoms with van der Waals surface area (Å²) in [6.45, 7) is 9.71. The van der Waals surface area contributed by atoms with Gasteiger partial charge in [-0.2, -0.15) is 0 Å². The molecule has 5 heteroatoms. The summed E-state index contributed by atoms with van der Waals surface area (Å²) in [5.74, 6) is -0.509. The minimum atomic E-state index is -0.258. The predicted molar refractivity (Wildman–Crippen MR) is 88.2 cm³/mol. The molecule has 0 unspecified atom stereocenters. The maximum atomic E-state index is 13.0. The summed E-state index contributed by atoms with van der Waals surface area (Å²) in [4.78, 5) is 38.5. The Morgan fingerprint density at radius 1 is 1.35 bits per heavy atom. The van der Waals surface area contributed by atoms with Crippen molar-refractivity contribution in [3.8, 4) is 0 Å². The second-order valence-corrected chi connectivity index (χ2v) is 5.61. The second kappa shape index (κ2) is 6.20. The molecule has 2 aliphatic rings. The first kappa shape index (κ1) is 16.7. The molecule has 0 atom stereocenters. The van der Waals surface area contributed by atoms with E-state index in [4.69, 9.17) is 0 Å². The van der Waals surface area contributed by atoms with Crippen LogP contribution in [0.15, 0.2) is 58.1 Å². The third-order valence-electron chi connectivity index (χ3n) is 4.02. The molecule has 0 saturated carbocycles. The van der Waals surface area contributed by atoms with Crippen molar-refractivity contribution in [3.63, 3.8) is 0 Å². The number of allylic oxidation sites excluding steroid dienone is 6. The number of Topliss-reactive ketones (excluding diaryl/α,β-unsaturated/α-hetero) is 2. The van der Waals surface area contributed by atoms with Gasteiger partial charge < -0.3 is 10.2 Å². The quantitative estimate of drug-likeness (QED) is 0.487. The van der Waals surface area contributed by atoms with Gasteiger partial charge in [0.25, 0.3) is 0 Å². The van der Waals surface area contributed by atoms with Crippen LogP contribution in [0.5, 0.6) is 0 Å². The molecule has 0 fully saturated rings. The zero-order valence-corrected chi connectivity index (χ0v) is 13.8. The van der Waals surface area contributed by atoms with Gasteiger partial charge in [0.2, 0.25) is 5.78 Å². The van der Waals surface area contributed by atoms with Crippen LogP contribution in [-0.4, -0.2) is 36.3 Å². The Morgan fingerprint density at radius 3 is 2.57 bits per heavy atom. The molecule has 0 aromatic rings. The highest BCUT2D eigenvalue weighted by Crippen LogP contribution is 2.35. The Hall–Kier alpha value is -2.69. The Labute approximate surface area is 135 Å². The van der Waals surface area contributed by atoms with Crippen molar-refractivity contribution in [2.45, 2.75) is 20.8 Å². The molecule has 1 heterocycles. The van der Waals surface area contributed by atoms with Crippen molar-refractivity contribution in [1.29, 1.82) is 0 Å². The van der Waals surface area contributed by atoms with E-state index >= 15 is 0 Å². The monoisotopic (exact) mass is 312 g/mol. The first-order chi connectivity index (χ1) is 10.8. The van der Waals surface area contributed by atoms with Crippen LogP contribution in [0, 0.1) is 0 Å². The van der Waals surface area contributed by atoms with E-state index in [0.717, 1.165) is 0 Å². The second-order valence-electron chi connectivity index (χ2n) is 5.61. The lowest BCUT2D eigenvalue weighted by atomic mass is 9.82. The molecule has 1 N–H and O–H groups in total. The van der Waals surface area contributed by atoms with Gasteiger partial charge in [-0.05, 0) is 44.1 Å². The van der Waals surface area contributed by atoms with E-state index in [9.17, 15) is 14.4 Å². The number of nitrogens with zero attached hydrogens (tertiary/aromatic N) is 1. The van der Waals surface area contributed by atoms with Crippen molar-refractivity contribution in [3.05, 3.63) is 58.1 Å². The minimum absolute atomic E-state index is 0.251. The van der Waals surface area contributed by atoms with Gasteiger partial charge in [0.15, 0.2) is 5.78 Å². The van der Waals surface area contributed by atoms with Crippen LogP contribution in [0.3, 0.4) is 0 Å². The molecule has 23 heavy (non-hydrogen) atoms. The molecule has 0 spiro atoms. The summed E-state index contributed by atoms with van der Waals surface area (Å²) in [5.41, 5.74) is 2.95. The lowest BCUT2D eigenvalue weighted by molar-refractivity contribution is -0.117. The van der Waals surface area contributed by atoms with Gasteiger partial charge in [-0.3, -0.25) is 14.4 Å². The normalized spacial score (nSPS) is 18.7. The van der Waals surface area contributed by atoms with E-state index in [2.05, 4.69) is 11.9 Å². The SMILES string of the molecule is C=C1C=C(C)C2=C(N1)C(=O)C(N(C)CC)=C(/C(C)=C\C=O)C2=O. The molecular weight excluding hydrogens is 292 g/mol. The number of dihydropyridines is 1. The zero-order valence-electron chi connectivity index (χ0n) is 13.8. The lowest BCUT2D eigenvalue weighted by Crippen LogP contribution is -2.39. The van der Waals surface area contributed by atoms with Gasteiger partial charge in [0.05, 0.1) is 16.8 Å². The maximum absolute atomic E-state index is 13.0. The molecule has 5 nitrogen and oxygen atoms in total. The number of hydrogen-bond donors (Lipinski definition) is 1. The fraction of sp³-hybridized carbons (Fsp3) is 0.278. The maximum Gasteiger partial charge on any atom is 0.226 e. The molecule has 1 aliphatic heterocycles. The number of rotatable bonds is 4. The van der Waals surface area contributed by atoms with Crippen molar-refractivity contribution >= 4 is 17.9 Å². The van der Waals surface area contributed by atoms with Crippen LogP contribution in [-0.2, 0) is 14.4 Å². The number of hydrogen-bond acceptors (Lipinski definition) is 5. The summed E-state index contributed by atoms with van der Waals surface area (Å²) in [5, 5.41) is 2.92. The Bertz CT molecular complexity index is 748. The number of nitrogens with one attached hydrogen (secondary N) is 1. The first-order valence-electron chi connectivity index (χ1n) is 7.39. The van der Waals surface area contributed by atoms with Crippen molar-refractivity contribution in [2.24, 2.45) is 0 Å². The molecule has 1 aliphatic carbocycles. The van der Waals surface area contributed by atoms with Gasteiger partial charge in [-0.1, -0.05) is 6.58 Å². The Kier molecular flexibility index (Phi) is 4.50. The largest absolute Gasteiger partial charge is 0.371 e. The van der Waals surface area contributed by atoms with Gasteiger partial charge in [-0.15, -0.1) is 0 Å². The Morgan fingerprint density at radius 2 is 2.00 bits per heavy atom. The first-order valence-corrected chi connectivity index (χ1v) is 7.39. The summed E-state index contributed by atoms with van der Waals surface area (Å²) >= 11 is 0. The van der Waals surface area contributed by atoms with Crippen LogP contribution in [0.2, 0.25) is 0 Å². The highest BCUT2D eigenvalue weighted by molar-refractivity contribution is 6.28. The van der Waals surface area contributed by atoms with Gasteiger partial charge in [-0.25, -0.2) is 0 Å². The summed E-state index contributed by atoms with van der Waals surface area (Å²) < 4.78 is 0. The van der Waals surface area contributed by atoms with Crippen molar-refractivity contribution in [2.75, 3.05) is 13.6 Å². The predicted octanol–water partition coefficient (Wildman–Crippen LogP) is 1.81. The molecule has 120 valence electrons. The van der Waals surface area contributed by atoms with E-state index in [-0.39, 0.29) is 22.8 Å². The van der Waals surface area contributed by atoms with E-state index in [1.54, 1.807) is 31.9 Å². The average molecular weight is 312 g/mol. The fourth-order valence-corrected chi connectivity index (χ4v) is 2.79. The number of ketones is 2. The van der Waals surface area contributed by atoms with E-state index in [0.29, 0.717) is 40.9 Å². The molecule has 0 bridgehead atoms. The molecule has 2 rings (SSSR count). The van der Waals surface area contributed by atoms with Crippen molar-refractivity contribution < 1.29 is 14.4 Å². The topological polar surface area (TPSA) is 66.5 Å². The van der Waals surface area contributed by atoms with Crippen LogP contribution < -0.4 is 5.32 Å². The highest BCUT2D eigenvalue weighted by atomic mass is 16.1. The minimum Gasteiger partial charge on any atom is -0.371 e. The zero-order chi connectivity index (χ0) is 17.3. The third kappa shape index (κ3) is 2.70. The number of carbonyl (C=O) groups excluding carboxylic acids is 3. The van der Waals surface area contributed by atoms with Crippen LogP contribution in [0.25, 0.3) is 0 Å². The van der Waals surface area contributed by atoms with E-state index < -0.39 is 0 Å². The van der Waals surface area contributed by atoms with Gasteiger partial charge in [0.1, 0.15) is 12.0 Å². The molecule has 0 aromatic heterocycles. The number of likely N-dealkylation sites (N-methyl/N-ethyl adjacent to an activating group) is 1. The third-order valence-corrected chi connectivity index (χ3v) is 4.02. The van der Waals surface area contributed by atoms with Crippen LogP contribution in [0.1, 0.15) is 20.8 Å². The molecule has 0 radical (unpaired) electrons. The smallest absolute Gasteiger partial charge is 0.226 e. The summed E-state index contributed by atoms with van der Waals surface area (Å²) in [6, 6.07) is 0. The van der Waals surface area contributed by atoms with E-state index in [1.807, 2.05) is 6.92 Å². The van der Waals surface area contributed by atoms with Crippen LogP contribution >= 0.6 is 0 Å². The number of carbonyl (C=O) groups is 3. The fourth-order valence-electron chi connectivity index (χ4n) is 2.79. The average Bonchev–Trinajstić information content (AvgIpc) is 2.49. The van der Waals surface area contributed by atoms with Gasteiger partial charge in [0, 0.05) is 19.3 Å². The highest BCUT2D eigenvalue weighted by Gasteiger charge is 2.38. The molecule has 0 amide bonds. The Balaban J connectivity index is 2.73. The summed E-state index contributed by atoms with van der Waals surface area (Å²) in [6.07, 6.45) is 3.66. The number of aldehydes is 1. The summed E-state index contributed by atoms with van der Waals surface area (Å²) in [7, 11) is 1.75. The van der Waals surface area contributed by atoms with Crippen LogP contribution in [0.4, 0.5) is 0 Å². The van der Waals surface area contributed by atoms with Gasteiger partial charge >= 0.3 is 0 Å². The molecule has 0 aromatic carbocycles.